The second-order valence-corrected chi connectivity index (χ2v) is 4.46. The van der Waals surface area contributed by atoms with Gasteiger partial charge in [0.1, 0.15) is 11.4 Å². The number of aromatic nitrogens is 1. The van der Waals surface area contributed by atoms with E-state index in [2.05, 4.69) is 21.1 Å². The molecule has 1 aromatic rings. The van der Waals surface area contributed by atoms with Crippen molar-refractivity contribution >= 4 is 23.7 Å². The molecule has 0 radical (unpaired) electrons. The van der Waals surface area contributed by atoms with Crippen molar-refractivity contribution in [2.75, 3.05) is 26.7 Å². The fraction of sp³-hybridized carbons (Fsp3) is 0.357. The van der Waals surface area contributed by atoms with Gasteiger partial charge in [-0.25, -0.2) is 9.98 Å². The zero-order valence-corrected chi connectivity index (χ0v) is 12.5. The predicted octanol–water partition coefficient (Wildman–Crippen LogP) is 1.68. The molecule has 0 aliphatic carbocycles. The summed E-state index contributed by atoms with van der Waals surface area (Å²) < 4.78 is 4.92. The second kappa shape index (κ2) is 9.75. The Morgan fingerprint density at radius 3 is 3.00 bits per heavy atom. The topological polar surface area (TPSA) is 70.3 Å². The summed E-state index contributed by atoms with van der Waals surface area (Å²) in [6, 6.07) is 3.64. The van der Waals surface area contributed by atoms with E-state index in [0.717, 1.165) is 11.8 Å². The maximum atomic E-state index is 8.43. The number of rotatable bonds is 7. The van der Waals surface area contributed by atoms with E-state index in [1.807, 2.05) is 11.0 Å². The molecule has 0 saturated carbocycles. The van der Waals surface area contributed by atoms with E-state index in [1.165, 1.54) is 7.11 Å². The molecule has 112 valence electrons. The third-order valence-electron chi connectivity index (χ3n) is 2.57. The molecule has 1 N–H and O–H groups in total. The van der Waals surface area contributed by atoms with Gasteiger partial charge in [0.15, 0.2) is 0 Å². The summed E-state index contributed by atoms with van der Waals surface area (Å²) in [4.78, 5) is 10.2. The normalized spacial score (nSPS) is 11.8. The third kappa shape index (κ3) is 6.75. The largest absolute Gasteiger partial charge is 0.480 e. The minimum atomic E-state index is 0.256. The average molecular weight is 309 g/mol. The maximum Gasteiger partial charge on any atom is 0.230 e. The summed E-state index contributed by atoms with van der Waals surface area (Å²) in [7, 11) is 1.46. The van der Waals surface area contributed by atoms with Gasteiger partial charge in [-0.05, 0) is 11.6 Å². The molecule has 0 amide bonds. The molecule has 0 aliphatic heterocycles. The molecular weight excluding hydrogens is 292 g/mol. The summed E-state index contributed by atoms with van der Waals surface area (Å²) in [6.45, 7) is 2.26. The van der Waals surface area contributed by atoms with Gasteiger partial charge in [0.25, 0.3) is 0 Å². The molecular formula is C14H17ClN4O2. The highest BCUT2D eigenvalue weighted by molar-refractivity contribution is 6.29. The minimum Gasteiger partial charge on any atom is -0.480 e. The van der Waals surface area contributed by atoms with Crippen LogP contribution in [0.5, 0.6) is 0 Å². The summed E-state index contributed by atoms with van der Waals surface area (Å²) in [5, 5.41) is 11.8. The van der Waals surface area contributed by atoms with Crippen LogP contribution in [0.25, 0.3) is 0 Å². The number of terminal acetylenes is 1. The number of hydrogen-bond acceptors (Lipinski definition) is 6. The van der Waals surface area contributed by atoms with Crippen LogP contribution in [0.4, 0.5) is 0 Å². The summed E-state index contributed by atoms with van der Waals surface area (Å²) in [5.41, 5.74) is 1.02. The number of aliphatic imine (C=N–C) groups is 1. The highest BCUT2D eigenvalue weighted by atomic mass is 35.5. The lowest BCUT2D eigenvalue weighted by atomic mass is 10.2. The van der Waals surface area contributed by atoms with Crippen LogP contribution in [0.3, 0.4) is 0 Å². The van der Waals surface area contributed by atoms with Crippen molar-refractivity contribution in [1.82, 2.24) is 9.88 Å². The molecule has 0 unspecified atom stereocenters. The molecule has 0 saturated heterocycles. The van der Waals surface area contributed by atoms with Crippen LogP contribution >= 0.6 is 11.6 Å². The number of pyridine rings is 1. The number of nitrogens with zero attached hydrogens (tertiary/aromatic N) is 4. The summed E-state index contributed by atoms with van der Waals surface area (Å²) >= 11 is 5.75. The standard InChI is InChI=1S/C14H17ClN4O2/c1-3-7-19(8-6-16-14(21-2)10-18-20)11-12-4-5-13(15)17-9-12/h1,4-5,9-10,20H,6-8,11H2,2H3. The van der Waals surface area contributed by atoms with Crippen molar-refractivity contribution in [3.8, 4) is 12.3 Å². The van der Waals surface area contributed by atoms with E-state index in [4.69, 9.17) is 28.0 Å². The quantitative estimate of drug-likeness (QED) is 0.208. The first-order chi connectivity index (χ1) is 10.2. The molecule has 0 spiro atoms. The van der Waals surface area contributed by atoms with E-state index in [0.29, 0.717) is 31.3 Å². The zero-order valence-electron chi connectivity index (χ0n) is 11.7. The Hall–Kier alpha value is -2.10. The van der Waals surface area contributed by atoms with Crippen LogP contribution in [0, 0.1) is 12.3 Å². The van der Waals surface area contributed by atoms with Crippen LogP contribution in [0.15, 0.2) is 28.5 Å². The molecule has 21 heavy (non-hydrogen) atoms. The predicted molar refractivity (Wildman–Crippen MR) is 82.9 cm³/mol. The first-order valence-electron chi connectivity index (χ1n) is 6.21. The number of oxime groups is 1. The van der Waals surface area contributed by atoms with Crippen molar-refractivity contribution in [2.45, 2.75) is 6.54 Å². The number of hydrogen-bond donors (Lipinski definition) is 1. The van der Waals surface area contributed by atoms with Gasteiger partial charge >= 0.3 is 0 Å². The highest BCUT2D eigenvalue weighted by Crippen LogP contribution is 2.07. The molecule has 1 rings (SSSR count). The van der Waals surface area contributed by atoms with Gasteiger partial charge in [-0.3, -0.25) is 4.90 Å². The Morgan fingerprint density at radius 1 is 1.62 bits per heavy atom. The Balaban J connectivity index is 2.57. The van der Waals surface area contributed by atoms with Crippen molar-refractivity contribution in [3.63, 3.8) is 0 Å². The van der Waals surface area contributed by atoms with Crippen LogP contribution in [-0.4, -0.2) is 53.9 Å². The van der Waals surface area contributed by atoms with E-state index in [9.17, 15) is 0 Å². The number of halogens is 1. The summed E-state index contributed by atoms with van der Waals surface area (Å²) in [5.74, 6) is 2.87. The van der Waals surface area contributed by atoms with Crippen LogP contribution in [0.1, 0.15) is 5.56 Å². The van der Waals surface area contributed by atoms with Gasteiger partial charge in [0.05, 0.1) is 20.2 Å². The Labute approximate surface area is 129 Å². The average Bonchev–Trinajstić information content (AvgIpc) is 2.48. The first kappa shape index (κ1) is 17.0. The molecule has 0 fully saturated rings. The molecule has 0 bridgehead atoms. The van der Waals surface area contributed by atoms with Crippen LogP contribution in [0.2, 0.25) is 5.15 Å². The summed E-state index contributed by atoms with van der Waals surface area (Å²) in [6.07, 6.45) is 8.22. The van der Waals surface area contributed by atoms with E-state index in [1.54, 1.807) is 12.3 Å². The van der Waals surface area contributed by atoms with Crippen molar-refractivity contribution in [1.29, 1.82) is 0 Å². The van der Waals surface area contributed by atoms with Crippen LogP contribution in [-0.2, 0) is 11.3 Å². The molecule has 1 aromatic heterocycles. The van der Waals surface area contributed by atoms with Gasteiger partial charge in [-0.15, -0.1) is 6.42 Å². The monoisotopic (exact) mass is 308 g/mol. The molecule has 1 heterocycles. The smallest absolute Gasteiger partial charge is 0.230 e. The first-order valence-corrected chi connectivity index (χ1v) is 6.59. The highest BCUT2D eigenvalue weighted by Gasteiger charge is 2.05. The fourth-order valence-corrected chi connectivity index (χ4v) is 1.72. The zero-order chi connectivity index (χ0) is 15.5. The second-order valence-electron chi connectivity index (χ2n) is 4.07. The molecule has 6 nitrogen and oxygen atoms in total. The van der Waals surface area contributed by atoms with Crippen LogP contribution < -0.4 is 0 Å². The maximum absolute atomic E-state index is 8.43. The van der Waals surface area contributed by atoms with Gasteiger partial charge in [0, 0.05) is 19.3 Å². The van der Waals surface area contributed by atoms with Gasteiger partial charge in [-0.1, -0.05) is 28.7 Å². The van der Waals surface area contributed by atoms with E-state index >= 15 is 0 Å². The fourth-order valence-electron chi connectivity index (χ4n) is 1.61. The van der Waals surface area contributed by atoms with Crippen molar-refractivity contribution < 1.29 is 9.94 Å². The Bertz CT molecular complexity index is 523. The molecule has 7 heteroatoms. The third-order valence-corrected chi connectivity index (χ3v) is 2.79. The molecule has 0 aromatic carbocycles. The Morgan fingerprint density at radius 2 is 2.43 bits per heavy atom. The van der Waals surface area contributed by atoms with Crippen molar-refractivity contribution in [2.24, 2.45) is 10.1 Å². The Kier molecular flexibility index (Phi) is 7.87. The van der Waals surface area contributed by atoms with Gasteiger partial charge in [-0.2, -0.15) is 0 Å². The lowest BCUT2D eigenvalue weighted by Crippen LogP contribution is -2.27. The van der Waals surface area contributed by atoms with E-state index < -0.39 is 0 Å². The van der Waals surface area contributed by atoms with E-state index in [-0.39, 0.29) is 5.90 Å². The molecule has 0 aliphatic rings. The van der Waals surface area contributed by atoms with Crippen molar-refractivity contribution in [3.05, 3.63) is 29.0 Å². The number of ether oxygens (including phenoxy) is 1. The lowest BCUT2D eigenvalue weighted by Gasteiger charge is -2.18. The lowest BCUT2D eigenvalue weighted by molar-refractivity contribution is 0.306. The number of methoxy groups -OCH3 is 1. The van der Waals surface area contributed by atoms with Gasteiger partial charge < -0.3 is 9.94 Å². The van der Waals surface area contributed by atoms with Gasteiger partial charge in [0.2, 0.25) is 5.90 Å². The SMILES string of the molecule is C#CCN(CCN=C(C=NO)OC)Cc1ccc(Cl)nc1. The molecule has 0 atom stereocenters. The minimum absolute atomic E-state index is 0.256.